The summed E-state index contributed by atoms with van der Waals surface area (Å²) in [7, 11) is 1.78. The normalized spacial score (nSPS) is 31.5. The summed E-state index contributed by atoms with van der Waals surface area (Å²) < 4.78 is 5.49. The molecule has 0 radical (unpaired) electrons. The maximum absolute atomic E-state index is 6.02. The Morgan fingerprint density at radius 2 is 2.00 bits per heavy atom. The molecule has 1 spiro atoms. The highest BCUT2D eigenvalue weighted by atomic mass is 16.5. The third-order valence-electron chi connectivity index (χ3n) is 4.66. The molecule has 92 valence electrons. The molecule has 2 heteroatoms. The Hall–Kier alpha value is -1.02. The van der Waals surface area contributed by atoms with Gasteiger partial charge in [-0.1, -0.05) is 12.1 Å². The van der Waals surface area contributed by atoms with Gasteiger partial charge < -0.3 is 10.5 Å². The molecule has 2 aliphatic carbocycles. The number of nitrogens with two attached hydrogens (primary N) is 1. The molecule has 1 saturated carbocycles. The van der Waals surface area contributed by atoms with Crippen LogP contribution >= 0.6 is 0 Å². The van der Waals surface area contributed by atoms with Crippen LogP contribution in [0.1, 0.15) is 36.8 Å². The van der Waals surface area contributed by atoms with Crippen LogP contribution in [0, 0.1) is 5.41 Å². The topological polar surface area (TPSA) is 35.2 Å². The highest BCUT2D eigenvalue weighted by Crippen LogP contribution is 2.49. The molecular formula is C15H21NO. The first-order chi connectivity index (χ1) is 8.22. The number of hydrogen-bond acceptors (Lipinski definition) is 2. The van der Waals surface area contributed by atoms with Gasteiger partial charge in [-0.05, 0) is 61.1 Å². The summed E-state index contributed by atoms with van der Waals surface area (Å²) in [4.78, 5) is 0. The van der Waals surface area contributed by atoms with Crippen molar-refractivity contribution in [2.45, 2.75) is 44.6 Å². The Morgan fingerprint density at radius 3 is 2.71 bits per heavy atom. The lowest BCUT2D eigenvalue weighted by Gasteiger charge is -2.36. The smallest absolute Gasteiger partial charge is 0.122 e. The number of fused-ring (bicyclic) bond motifs is 1. The number of ether oxygens (including phenoxy) is 1. The molecule has 0 bridgehead atoms. The molecule has 0 aliphatic heterocycles. The van der Waals surface area contributed by atoms with Crippen molar-refractivity contribution in [2.24, 2.45) is 11.1 Å². The van der Waals surface area contributed by atoms with E-state index in [1.54, 1.807) is 7.11 Å². The van der Waals surface area contributed by atoms with Gasteiger partial charge in [0.05, 0.1) is 7.11 Å². The van der Waals surface area contributed by atoms with Crippen molar-refractivity contribution in [1.82, 2.24) is 0 Å². The molecule has 1 fully saturated rings. The molecule has 3 rings (SSSR count). The molecule has 17 heavy (non-hydrogen) atoms. The Labute approximate surface area is 103 Å². The van der Waals surface area contributed by atoms with E-state index in [1.165, 1.54) is 49.7 Å². The maximum atomic E-state index is 6.02. The summed E-state index contributed by atoms with van der Waals surface area (Å²) in [5.41, 5.74) is 9.46. The van der Waals surface area contributed by atoms with Gasteiger partial charge in [0.1, 0.15) is 5.75 Å². The maximum Gasteiger partial charge on any atom is 0.122 e. The molecule has 2 nitrogen and oxygen atoms in total. The minimum Gasteiger partial charge on any atom is -0.496 e. The van der Waals surface area contributed by atoms with Gasteiger partial charge in [0, 0.05) is 6.04 Å². The zero-order valence-electron chi connectivity index (χ0n) is 10.5. The van der Waals surface area contributed by atoms with Crippen LogP contribution in [-0.4, -0.2) is 13.2 Å². The lowest BCUT2D eigenvalue weighted by molar-refractivity contribution is 0.187. The van der Waals surface area contributed by atoms with Crippen LogP contribution < -0.4 is 10.5 Å². The van der Waals surface area contributed by atoms with Crippen molar-refractivity contribution < 1.29 is 4.74 Å². The second-order valence-corrected chi connectivity index (χ2v) is 5.79. The van der Waals surface area contributed by atoms with Gasteiger partial charge in [0.25, 0.3) is 0 Å². The Morgan fingerprint density at radius 1 is 1.24 bits per heavy atom. The van der Waals surface area contributed by atoms with Gasteiger partial charge in [-0.3, -0.25) is 0 Å². The van der Waals surface area contributed by atoms with Crippen LogP contribution in [0.2, 0.25) is 0 Å². The summed E-state index contributed by atoms with van der Waals surface area (Å²) in [5, 5.41) is 0. The Kier molecular flexibility index (Phi) is 2.62. The Balaban J connectivity index is 1.87. The average molecular weight is 231 g/mol. The number of methoxy groups -OCH3 is 1. The first-order valence-corrected chi connectivity index (χ1v) is 6.63. The van der Waals surface area contributed by atoms with Gasteiger partial charge in [-0.15, -0.1) is 0 Å². The fourth-order valence-electron chi connectivity index (χ4n) is 3.62. The second kappa shape index (κ2) is 4.02. The minimum absolute atomic E-state index is 0.436. The summed E-state index contributed by atoms with van der Waals surface area (Å²) in [6.45, 7) is 0. The highest BCUT2D eigenvalue weighted by Gasteiger charge is 2.40. The van der Waals surface area contributed by atoms with E-state index in [0.717, 1.165) is 5.75 Å². The Bertz CT molecular complexity index is 419. The second-order valence-electron chi connectivity index (χ2n) is 5.79. The van der Waals surface area contributed by atoms with Gasteiger partial charge in [-0.25, -0.2) is 0 Å². The molecule has 1 aromatic rings. The highest BCUT2D eigenvalue weighted by molar-refractivity contribution is 5.45. The van der Waals surface area contributed by atoms with Crippen molar-refractivity contribution in [3.8, 4) is 5.75 Å². The van der Waals surface area contributed by atoms with Crippen molar-refractivity contribution in [2.75, 3.05) is 7.11 Å². The minimum atomic E-state index is 0.436. The van der Waals surface area contributed by atoms with Gasteiger partial charge in [0.2, 0.25) is 0 Å². The van der Waals surface area contributed by atoms with Crippen LogP contribution in [0.3, 0.4) is 0 Å². The molecule has 0 atom stereocenters. The van der Waals surface area contributed by atoms with E-state index in [-0.39, 0.29) is 0 Å². The van der Waals surface area contributed by atoms with Crippen molar-refractivity contribution in [3.63, 3.8) is 0 Å². The summed E-state index contributed by atoms with van der Waals surface area (Å²) in [6.07, 6.45) is 7.37. The lowest BCUT2D eigenvalue weighted by Crippen LogP contribution is -2.34. The third kappa shape index (κ3) is 1.85. The molecule has 0 unspecified atom stereocenters. The van der Waals surface area contributed by atoms with Crippen LogP contribution in [0.25, 0.3) is 0 Å². The average Bonchev–Trinajstić information content (AvgIpc) is 2.71. The van der Waals surface area contributed by atoms with Crippen molar-refractivity contribution in [3.05, 3.63) is 29.3 Å². The molecule has 0 heterocycles. The first-order valence-electron chi connectivity index (χ1n) is 6.63. The summed E-state index contributed by atoms with van der Waals surface area (Å²) in [5.74, 6) is 1.08. The number of hydrogen-bond donors (Lipinski definition) is 1. The monoisotopic (exact) mass is 231 g/mol. The molecule has 1 aromatic carbocycles. The molecule has 0 saturated heterocycles. The van der Waals surface area contributed by atoms with E-state index < -0.39 is 0 Å². The van der Waals surface area contributed by atoms with Crippen LogP contribution in [0.15, 0.2) is 18.2 Å². The van der Waals surface area contributed by atoms with Crippen LogP contribution in [-0.2, 0) is 12.8 Å². The van der Waals surface area contributed by atoms with E-state index in [9.17, 15) is 0 Å². The summed E-state index contributed by atoms with van der Waals surface area (Å²) >= 11 is 0. The number of rotatable bonds is 1. The molecule has 2 aliphatic rings. The molecular weight excluding hydrogens is 210 g/mol. The zero-order valence-corrected chi connectivity index (χ0v) is 10.5. The zero-order chi connectivity index (χ0) is 11.9. The standard InChI is InChI=1S/C15H21NO/c1-17-14-4-2-3-11-9-15(10-13(11)14)7-5-12(16)6-8-15/h2-4,12H,5-10,16H2,1H3. The van der Waals surface area contributed by atoms with Crippen LogP contribution in [0.4, 0.5) is 0 Å². The number of benzene rings is 1. The first kappa shape index (κ1) is 11.1. The summed E-state index contributed by atoms with van der Waals surface area (Å²) in [6, 6.07) is 6.91. The molecule has 0 amide bonds. The van der Waals surface area contributed by atoms with Gasteiger partial charge in [-0.2, -0.15) is 0 Å². The fourth-order valence-corrected chi connectivity index (χ4v) is 3.62. The van der Waals surface area contributed by atoms with Crippen molar-refractivity contribution >= 4 is 0 Å². The van der Waals surface area contributed by atoms with E-state index in [0.29, 0.717) is 11.5 Å². The predicted octanol–water partition coefficient (Wildman–Crippen LogP) is 2.68. The quantitative estimate of drug-likeness (QED) is 0.806. The SMILES string of the molecule is COc1cccc2c1CC1(CCC(N)CC1)C2. The van der Waals surface area contributed by atoms with Crippen LogP contribution in [0.5, 0.6) is 5.75 Å². The van der Waals surface area contributed by atoms with Gasteiger partial charge >= 0.3 is 0 Å². The third-order valence-corrected chi connectivity index (χ3v) is 4.66. The fraction of sp³-hybridized carbons (Fsp3) is 0.600. The predicted molar refractivity (Wildman–Crippen MR) is 69.3 cm³/mol. The lowest BCUT2D eigenvalue weighted by atomic mass is 9.71. The molecule has 2 N–H and O–H groups in total. The molecule has 0 aromatic heterocycles. The van der Waals surface area contributed by atoms with Crippen molar-refractivity contribution in [1.29, 1.82) is 0 Å². The van der Waals surface area contributed by atoms with Gasteiger partial charge in [0.15, 0.2) is 0 Å². The van der Waals surface area contributed by atoms with E-state index in [4.69, 9.17) is 10.5 Å². The largest absolute Gasteiger partial charge is 0.496 e. The van der Waals surface area contributed by atoms with E-state index >= 15 is 0 Å². The van der Waals surface area contributed by atoms with E-state index in [1.807, 2.05) is 0 Å². The van der Waals surface area contributed by atoms with E-state index in [2.05, 4.69) is 18.2 Å².